The van der Waals surface area contributed by atoms with Crippen LogP contribution in [0.5, 0.6) is 0 Å². The average molecular weight is 331 g/mol. The molecule has 0 radical (unpaired) electrons. The van der Waals surface area contributed by atoms with E-state index in [0.717, 1.165) is 12.1 Å². The summed E-state index contributed by atoms with van der Waals surface area (Å²) in [6.45, 7) is 1.99. The van der Waals surface area contributed by atoms with E-state index in [4.69, 9.17) is 0 Å². The minimum absolute atomic E-state index is 0.217. The van der Waals surface area contributed by atoms with Crippen molar-refractivity contribution in [2.45, 2.75) is 13.3 Å². The highest BCUT2D eigenvalue weighted by molar-refractivity contribution is 9.11. The van der Waals surface area contributed by atoms with Crippen molar-refractivity contribution in [1.82, 2.24) is 0 Å². The van der Waals surface area contributed by atoms with Gasteiger partial charge >= 0.3 is 0 Å². The Hall–Kier alpha value is -1.79. The molecule has 20 heavy (non-hydrogen) atoms. The van der Waals surface area contributed by atoms with E-state index in [0.29, 0.717) is 5.70 Å². The van der Waals surface area contributed by atoms with E-state index in [1.54, 1.807) is 0 Å². The van der Waals surface area contributed by atoms with Gasteiger partial charge in [0.2, 0.25) is 0 Å². The fourth-order valence-corrected chi connectivity index (χ4v) is 2.09. The molecule has 0 saturated carbocycles. The van der Waals surface area contributed by atoms with Crippen LogP contribution in [0.15, 0.2) is 65.3 Å². The van der Waals surface area contributed by atoms with Gasteiger partial charge < -0.3 is 4.90 Å². The van der Waals surface area contributed by atoms with Crippen LogP contribution in [0, 0.1) is 17.2 Å². The Balaban J connectivity index is 2.98. The second kappa shape index (κ2) is 9.17. The molecule has 104 valence electrons. The second-order valence-electron chi connectivity index (χ2n) is 4.35. The summed E-state index contributed by atoms with van der Waals surface area (Å²) < 4.78 is 0. The fraction of sp³-hybridized carbons (Fsp3) is 0.235. The quantitative estimate of drug-likeness (QED) is 0.540. The molecule has 0 aromatic heterocycles. The number of hydrogen-bond acceptors (Lipinski definition) is 2. The molecule has 1 atom stereocenters. The van der Waals surface area contributed by atoms with Crippen molar-refractivity contribution < 1.29 is 0 Å². The summed E-state index contributed by atoms with van der Waals surface area (Å²) in [5, 5.41) is 9.39. The lowest BCUT2D eigenvalue weighted by Crippen LogP contribution is -2.16. The first-order chi connectivity index (χ1) is 9.72. The van der Waals surface area contributed by atoms with Crippen molar-refractivity contribution in [3.8, 4) is 6.07 Å². The van der Waals surface area contributed by atoms with Crippen molar-refractivity contribution >= 4 is 21.6 Å². The molecular weight excluding hydrogens is 312 g/mol. The standard InChI is InChI=1S/C17H19BrN2/c1-3-8-15(9-7-12-18)13-17(14-19)20(2)16-10-5-4-6-11-16/h3-8,10-13,15H,9H2,1-2H3/b8-3+,12-7+,17-13-. The topological polar surface area (TPSA) is 27.0 Å². The Morgan fingerprint density at radius 1 is 1.40 bits per heavy atom. The SMILES string of the molecule is C/C=C/C(/C=C(/C#N)N(C)c1ccccc1)C/C=C/Br. The monoisotopic (exact) mass is 330 g/mol. The molecule has 3 heteroatoms. The molecule has 0 bridgehead atoms. The van der Waals surface area contributed by atoms with E-state index in [9.17, 15) is 5.26 Å². The lowest BCUT2D eigenvalue weighted by molar-refractivity contribution is 0.820. The number of allylic oxidation sites excluding steroid dienone is 5. The maximum Gasteiger partial charge on any atom is 0.117 e. The van der Waals surface area contributed by atoms with Crippen molar-refractivity contribution in [2.24, 2.45) is 5.92 Å². The van der Waals surface area contributed by atoms with Gasteiger partial charge in [-0.3, -0.25) is 0 Å². The summed E-state index contributed by atoms with van der Waals surface area (Å²) in [5.41, 5.74) is 1.66. The highest BCUT2D eigenvalue weighted by Crippen LogP contribution is 2.19. The van der Waals surface area contributed by atoms with E-state index in [1.165, 1.54) is 0 Å². The summed E-state index contributed by atoms with van der Waals surface area (Å²) in [7, 11) is 1.91. The molecule has 0 N–H and O–H groups in total. The summed E-state index contributed by atoms with van der Waals surface area (Å²) in [4.78, 5) is 3.76. The highest BCUT2D eigenvalue weighted by atomic mass is 79.9. The van der Waals surface area contributed by atoms with Crippen LogP contribution in [-0.4, -0.2) is 7.05 Å². The predicted molar refractivity (Wildman–Crippen MR) is 89.5 cm³/mol. The van der Waals surface area contributed by atoms with Gasteiger partial charge in [-0.2, -0.15) is 5.26 Å². The van der Waals surface area contributed by atoms with Crippen LogP contribution < -0.4 is 4.90 Å². The van der Waals surface area contributed by atoms with Gasteiger partial charge in [-0.05, 0) is 36.5 Å². The van der Waals surface area contributed by atoms with Crippen molar-refractivity contribution in [1.29, 1.82) is 5.26 Å². The van der Waals surface area contributed by atoms with E-state index >= 15 is 0 Å². The van der Waals surface area contributed by atoms with Gasteiger partial charge in [0, 0.05) is 18.7 Å². The molecule has 0 heterocycles. The smallest absolute Gasteiger partial charge is 0.117 e. The Morgan fingerprint density at radius 3 is 2.65 bits per heavy atom. The molecule has 1 aromatic carbocycles. The summed E-state index contributed by atoms with van der Waals surface area (Å²) in [6, 6.07) is 12.2. The van der Waals surface area contributed by atoms with Gasteiger partial charge in [0.25, 0.3) is 0 Å². The first-order valence-electron chi connectivity index (χ1n) is 6.51. The molecule has 0 fully saturated rings. The molecule has 0 saturated heterocycles. The summed E-state index contributed by atoms with van der Waals surface area (Å²) in [5.74, 6) is 0.217. The first kappa shape index (κ1) is 16.3. The van der Waals surface area contributed by atoms with E-state index in [2.05, 4.69) is 28.1 Å². The second-order valence-corrected chi connectivity index (χ2v) is 4.87. The van der Waals surface area contributed by atoms with Crippen LogP contribution in [0.1, 0.15) is 13.3 Å². The number of hydrogen-bond donors (Lipinski definition) is 0. The minimum atomic E-state index is 0.217. The van der Waals surface area contributed by atoms with Crippen LogP contribution >= 0.6 is 15.9 Å². The molecule has 1 unspecified atom stereocenters. The minimum Gasteiger partial charge on any atom is -0.336 e. The predicted octanol–water partition coefficient (Wildman–Crippen LogP) is 5.02. The molecule has 0 aliphatic heterocycles. The molecular formula is C17H19BrN2. The van der Waals surface area contributed by atoms with Crippen molar-refractivity contribution in [3.05, 3.63) is 65.3 Å². The van der Waals surface area contributed by atoms with E-state index in [1.807, 2.05) is 72.4 Å². The normalized spacial score (nSPS) is 13.6. The molecule has 0 aliphatic rings. The highest BCUT2D eigenvalue weighted by Gasteiger charge is 2.08. The van der Waals surface area contributed by atoms with Crippen LogP contribution in [0.2, 0.25) is 0 Å². The Morgan fingerprint density at radius 2 is 2.10 bits per heavy atom. The maximum absolute atomic E-state index is 9.39. The van der Waals surface area contributed by atoms with Crippen LogP contribution in [0.25, 0.3) is 0 Å². The lowest BCUT2D eigenvalue weighted by Gasteiger charge is -2.19. The van der Waals surface area contributed by atoms with Gasteiger partial charge in [-0.15, -0.1) is 0 Å². The molecule has 0 spiro atoms. The van der Waals surface area contributed by atoms with Crippen molar-refractivity contribution in [3.63, 3.8) is 0 Å². The number of nitrogens with zero attached hydrogens (tertiary/aromatic N) is 2. The van der Waals surface area contributed by atoms with Crippen molar-refractivity contribution in [2.75, 3.05) is 11.9 Å². The van der Waals surface area contributed by atoms with Gasteiger partial charge in [0.05, 0.1) is 0 Å². The first-order valence-corrected chi connectivity index (χ1v) is 7.43. The Kier molecular flexibility index (Phi) is 7.46. The van der Waals surface area contributed by atoms with Crippen LogP contribution in [0.3, 0.4) is 0 Å². The Bertz CT molecular complexity index is 524. The van der Waals surface area contributed by atoms with Crippen LogP contribution in [0.4, 0.5) is 5.69 Å². The molecule has 2 nitrogen and oxygen atoms in total. The van der Waals surface area contributed by atoms with Gasteiger partial charge in [0.15, 0.2) is 0 Å². The van der Waals surface area contributed by atoms with Gasteiger partial charge in [-0.25, -0.2) is 0 Å². The summed E-state index contributed by atoms with van der Waals surface area (Å²) >= 11 is 3.28. The zero-order chi connectivity index (χ0) is 14.8. The third-order valence-electron chi connectivity index (χ3n) is 2.93. The number of halogens is 1. The molecule has 0 amide bonds. The van der Waals surface area contributed by atoms with E-state index < -0.39 is 0 Å². The maximum atomic E-state index is 9.39. The Labute approximate surface area is 129 Å². The van der Waals surface area contributed by atoms with Gasteiger partial charge in [-0.1, -0.05) is 52.4 Å². The third-order valence-corrected chi connectivity index (χ3v) is 3.30. The van der Waals surface area contributed by atoms with Crippen LogP contribution in [-0.2, 0) is 0 Å². The average Bonchev–Trinajstić information content (AvgIpc) is 2.50. The van der Waals surface area contributed by atoms with Gasteiger partial charge in [0.1, 0.15) is 11.8 Å². The zero-order valence-corrected chi connectivity index (χ0v) is 13.4. The van der Waals surface area contributed by atoms with E-state index in [-0.39, 0.29) is 5.92 Å². The summed E-state index contributed by atoms with van der Waals surface area (Å²) in [6.07, 6.45) is 9.02. The zero-order valence-electron chi connectivity index (χ0n) is 11.8. The molecule has 1 aromatic rings. The molecule has 0 aliphatic carbocycles. The largest absolute Gasteiger partial charge is 0.336 e. The third kappa shape index (κ3) is 5.07. The number of anilines is 1. The number of rotatable bonds is 6. The fourth-order valence-electron chi connectivity index (χ4n) is 1.88. The number of nitriles is 1. The lowest BCUT2D eigenvalue weighted by atomic mass is 10.0. The number of para-hydroxylation sites is 1. The number of benzene rings is 1. The molecule has 1 rings (SSSR count).